The van der Waals surface area contributed by atoms with Crippen LogP contribution in [0.2, 0.25) is 5.02 Å². The van der Waals surface area contributed by atoms with E-state index in [4.69, 9.17) is 16.2 Å². The monoisotopic (exact) mass is 401 g/mol. The zero-order valence-electron chi connectivity index (χ0n) is 15.6. The standard InChI is InChI=1S/C23H16ClN3O2/c1-14(28)27-13-18-11-16(20-3-2-4-21-23(20)26-29-25-21)7-5-15(18)6-8-17-12-19(24)9-10-22(17)27/h2-12H,13H2,1H3/b8-6-. The molecule has 0 atom stereocenters. The summed E-state index contributed by atoms with van der Waals surface area (Å²) in [6.07, 6.45) is 4.06. The van der Waals surface area contributed by atoms with Gasteiger partial charge in [-0.2, -0.15) is 0 Å². The summed E-state index contributed by atoms with van der Waals surface area (Å²) in [5.41, 5.74) is 7.23. The highest BCUT2D eigenvalue weighted by atomic mass is 35.5. The molecule has 1 aliphatic heterocycles. The van der Waals surface area contributed by atoms with Gasteiger partial charge in [-0.15, -0.1) is 0 Å². The zero-order chi connectivity index (χ0) is 20.0. The molecule has 1 aromatic heterocycles. The molecule has 1 aliphatic rings. The molecule has 2 heterocycles. The Morgan fingerprint density at radius 1 is 1.03 bits per heavy atom. The third-order valence-corrected chi connectivity index (χ3v) is 5.41. The number of carbonyl (C=O) groups is 1. The van der Waals surface area contributed by atoms with Crippen molar-refractivity contribution in [2.24, 2.45) is 0 Å². The second kappa shape index (κ2) is 6.87. The fourth-order valence-electron chi connectivity index (χ4n) is 3.73. The Balaban J connectivity index is 1.66. The van der Waals surface area contributed by atoms with Gasteiger partial charge >= 0.3 is 0 Å². The van der Waals surface area contributed by atoms with Crippen LogP contribution in [0.15, 0.2) is 59.2 Å². The van der Waals surface area contributed by atoms with Crippen molar-refractivity contribution in [3.63, 3.8) is 0 Å². The Morgan fingerprint density at radius 2 is 1.90 bits per heavy atom. The van der Waals surface area contributed by atoms with Crippen LogP contribution in [0.3, 0.4) is 0 Å². The van der Waals surface area contributed by atoms with Crippen LogP contribution in [-0.4, -0.2) is 16.2 Å². The summed E-state index contributed by atoms with van der Waals surface area (Å²) in [6.45, 7) is 2.04. The number of nitrogens with zero attached hydrogens (tertiary/aromatic N) is 3. The van der Waals surface area contributed by atoms with E-state index < -0.39 is 0 Å². The van der Waals surface area contributed by atoms with Crippen molar-refractivity contribution < 1.29 is 9.42 Å². The summed E-state index contributed by atoms with van der Waals surface area (Å²) in [5, 5.41) is 8.61. The Kier molecular flexibility index (Phi) is 4.18. The minimum atomic E-state index is -0.0250. The van der Waals surface area contributed by atoms with E-state index in [1.165, 1.54) is 0 Å². The van der Waals surface area contributed by atoms with Crippen molar-refractivity contribution in [1.29, 1.82) is 0 Å². The van der Waals surface area contributed by atoms with E-state index in [-0.39, 0.29) is 5.91 Å². The van der Waals surface area contributed by atoms with Gasteiger partial charge in [-0.3, -0.25) is 4.79 Å². The van der Waals surface area contributed by atoms with E-state index in [1.807, 2.05) is 42.5 Å². The number of rotatable bonds is 1. The lowest BCUT2D eigenvalue weighted by molar-refractivity contribution is -0.116. The molecule has 0 N–H and O–H groups in total. The maximum Gasteiger partial charge on any atom is 0.224 e. The molecule has 3 aromatic carbocycles. The number of benzene rings is 3. The Bertz CT molecular complexity index is 1290. The molecule has 4 aromatic rings. The third-order valence-electron chi connectivity index (χ3n) is 5.17. The van der Waals surface area contributed by atoms with E-state index in [1.54, 1.807) is 17.9 Å². The molecular weight excluding hydrogens is 386 g/mol. The van der Waals surface area contributed by atoms with Crippen LogP contribution in [0.1, 0.15) is 23.6 Å². The van der Waals surface area contributed by atoms with Crippen LogP contribution in [0.5, 0.6) is 0 Å². The largest absolute Gasteiger partial charge is 0.308 e. The molecule has 0 aliphatic carbocycles. The number of hydrogen-bond donors (Lipinski definition) is 0. The van der Waals surface area contributed by atoms with Crippen LogP contribution in [0, 0.1) is 0 Å². The van der Waals surface area contributed by atoms with E-state index in [2.05, 4.69) is 28.5 Å². The molecule has 0 spiro atoms. The second-order valence-electron chi connectivity index (χ2n) is 6.99. The van der Waals surface area contributed by atoms with Crippen molar-refractivity contribution in [2.75, 3.05) is 4.90 Å². The quantitative estimate of drug-likeness (QED) is 0.417. The van der Waals surface area contributed by atoms with Crippen molar-refractivity contribution >= 4 is 46.4 Å². The predicted molar refractivity (Wildman–Crippen MR) is 114 cm³/mol. The maximum absolute atomic E-state index is 12.5. The first-order chi connectivity index (χ1) is 14.1. The number of halogens is 1. The van der Waals surface area contributed by atoms with E-state index in [9.17, 15) is 4.79 Å². The Labute approximate surface area is 172 Å². The molecule has 0 radical (unpaired) electrons. The number of anilines is 1. The van der Waals surface area contributed by atoms with Gasteiger partial charge in [-0.1, -0.05) is 48.0 Å². The average molecular weight is 402 g/mol. The highest BCUT2D eigenvalue weighted by Gasteiger charge is 2.19. The summed E-state index contributed by atoms with van der Waals surface area (Å²) in [7, 11) is 0. The smallest absolute Gasteiger partial charge is 0.224 e. The number of aromatic nitrogens is 2. The van der Waals surface area contributed by atoms with E-state index >= 15 is 0 Å². The molecule has 29 heavy (non-hydrogen) atoms. The van der Waals surface area contributed by atoms with Crippen LogP contribution >= 0.6 is 11.6 Å². The summed E-state index contributed by atoms with van der Waals surface area (Å²) in [5.74, 6) is -0.0250. The molecular formula is C23H16ClN3O2. The lowest BCUT2D eigenvalue weighted by Gasteiger charge is -2.26. The van der Waals surface area contributed by atoms with E-state index in [0.29, 0.717) is 17.1 Å². The SMILES string of the molecule is CC(=O)N1Cc2cc(-c3cccc4nonc34)ccc2/C=C\c2cc(Cl)ccc21. The number of amides is 1. The first kappa shape index (κ1) is 17.6. The first-order valence-electron chi connectivity index (χ1n) is 9.20. The molecule has 1 amide bonds. The lowest BCUT2D eigenvalue weighted by atomic mass is 9.95. The molecule has 0 saturated carbocycles. The third kappa shape index (κ3) is 3.09. The predicted octanol–water partition coefficient (Wildman–Crippen LogP) is 5.58. The fraction of sp³-hybridized carbons (Fsp3) is 0.0870. The van der Waals surface area contributed by atoms with Gasteiger partial charge in [-0.05, 0) is 62.9 Å². The van der Waals surface area contributed by atoms with Gasteiger partial charge in [-0.25, -0.2) is 4.63 Å². The van der Waals surface area contributed by atoms with Crippen LogP contribution in [-0.2, 0) is 11.3 Å². The summed E-state index contributed by atoms with van der Waals surface area (Å²) >= 11 is 6.17. The topological polar surface area (TPSA) is 59.2 Å². The number of hydrogen-bond acceptors (Lipinski definition) is 4. The van der Waals surface area contributed by atoms with Gasteiger partial charge in [0, 0.05) is 17.5 Å². The van der Waals surface area contributed by atoms with Crippen LogP contribution < -0.4 is 4.90 Å². The molecule has 0 fully saturated rings. The van der Waals surface area contributed by atoms with Gasteiger partial charge in [0.25, 0.3) is 0 Å². The zero-order valence-corrected chi connectivity index (χ0v) is 16.3. The fourth-order valence-corrected chi connectivity index (χ4v) is 3.91. The van der Waals surface area contributed by atoms with Crippen LogP contribution in [0.25, 0.3) is 34.3 Å². The molecule has 0 bridgehead atoms. The summed E-state index contributed by atoms with van der Waals surface area (Å²) in [6, 6.07) is 17.6. The molecule has 0 saturated heterocycles. The summed E-state index contributed by atoms with van der Waals surface area (Å²) in [4.78, 5) is 14.2. The molecule has 142 valence electrons. The van der Waals surface area contributed by atoms with E-state index in [0.717, 1.165) is 39.0 Å². The molecule has 6 heteroatoms. The van der Waals surface area contributed by atoms with Crippen molar-refractivity contribution in [2.45, 2.75) is 13.5 Å². The molecule has 5 rings (SSSR count). The van der Waals surface area contributed by atoms with Gasteiger partial charge < -0.3 is 4.90 Å². The van der Waals surface area contributed by atoms with Gasteiger partial charge in [0.2, 0.25) is 5.91 Å². The Hall–Kier alpha value is -3.44. The maximum atomic E-state index is 12.5. The van der Waals surface area contributed by atoms with Crippen molar-refractivity contribution in [3.05, 3.63) is 76.3 Å². The Morgan fingerprint density at radius 3 is 2.76 bits per heavy atom. The highest BCUT2D eigenvalue weighted by Crippen LogP contribution is 2.34. The minimum Gasteiger partial charge on any atom is -0.308 e. The second-order valence-corrected chi connectivity index (χ2v) is 7.43. The summed E-state index contributed by atoms with van der Waals surface area (Å²) < 4.78 is 4.90. The first-order valence-corrected chi connectivity index (χ1v) is 9.58. The number of fused-ring (bicyclic) bond motifs is 3. The van der Waals surface area contributed by atoms with Gasteiger partial charge in [0.1, 0.15) is 11.0 Å². The highest BCUT2D eigenvalue weighted by molar-refractivity contribution is 6.30. The normalized spacial score (nSPS) is 14.1. The van der Waals surface area contributed by atoms with Gasteiger partial charge in [0.05, 0.1) is 12.2 Å². The molecule has 0 unspecified atom stereocenters. The van der Waals surface area contributed by atoms with Crippen LogP contribution in [0.4, 0.5) is 5.69 Å². The van der Waals surface area contributed by atoms with Crippen molar-refractivity contribution in [1.82, 2.24) is 10.3 Å². The minimum absolute atomic E-state index is 0.0250. The average Bonchev–Trinajstić information content (AvgIpc) is 3.18. The molecule has 5 nitrogen and oxygen atoms in total. The lowest BCUT2D eigenvalue weighted by Crippen LogP contribution is -2.29. The van der Waals surface area contributed by atoms with Crippen molar-refractivity contribution in [3.8, 4) is 11.1 Å². The number of carbonyl (C=O) groups excluding carboxylic acids is 1. The van der Waals surface area contributed by atoms with Gasteiger partial charge in [0.15, 0.2) is 0 Å².